The van der Waals surface area contributed by atoms with E-state index < -0.39 is 0 Å². The van der Waals surface area contributed by atoms with E-state index in [0.717, 1.165) is 0 Å². The molecule has 1 aromatic rings. The Hall–Kier alpha value is -1.62. The number of primary amides is 1. The van der Waals surface area contributed by atoms with Crippen molar-refractivity contribution < 1.29 is 9.59 Å². The van der Waals surface area contributed by atoms with E-state index in [-0.39, 0.29) is 23.4 Å². The second-order valence-corrected chi connectivity index (χ2v) is 4.03. The van der Waals surface area contributed by atoms with Crippen LogP contribution in [0.2, 0.25) is 5.15 Å². The van der Waals surface area contributed by atoms with Gasteiger partial charge in [-0.1, -0.05) is 11.6 Å². The van der Waals surface area contributed by atoms with Crippen LogP contribution in [0, 0.1) is 6.92 Å². The van der Waals surface area contributed by atoms with Crippen molar-refractivity contribution in [1.29, 1.82) is 0 Å². The third-order valence-corrected chi connectivity index (χ3v) is 2.26. The molecule has 17 heavy (non-hydrogen) atoms. The number of nitrogens with zero attached hydrogens (tertiary/aromatic N) is 1. The third-order valence-electron chi connectivity index (χ3n) is 2.07. The number of aromatic nitrogens is 1. The van der Waals surface area contributed by atoms with Gasteiger partial charge >= 0.3 is 0 Å². The predicted octanol–water partition coefficient (Wildman–Crippen LogP) is 1.04. The number of amides is 2. The molecule has 0 unspecified atom stereocenters. The number of rotatable bonds is 5. The van der Waals surface area contributed by atoms with E-state index >= 15 is 0 Å². The minimum absolute atomic E-state index is 0.234. The van der Waals surface area contributed by atoms with Gasteiger partial charge in [0.25, 0.3) is 5.91 Å². The lowest BCUT2D eigenvalue weighted by atomic mass is 10.2. The van der Waals surface area contributed by atoms with E-state index in [2.05, 4.69) is 10.3 Å². The first kappa shape index (κ1) is 13.4. The Balaban J connectivity index is 2.49. The summed E-state index contributed by atoms with van der Waals surface area (Å²) >= 11 is 5.74. The Morgan fingerprint density at radius 1 is 1.47 bits per heavy atom. The molecule has 0 aromatic carbocycles. The van der Waals surface area contributed by atoms with Gasteiger partial charge in [-0.15, -0.1) is 0 Å². The summed E-state index contributed by atoms with van der Waals surface area (Å²) in [6.45, 7) is 2.16. The number of halogens is 1. The summed E-state index contributed by atoms with van der Waals surface area (Å²) < 4.78 is 0. The first-order valence-corrected chi connectivity index (χ1v) is 5.57. The van der Waals surface area contributed by atoms with Crippen LogP contribution in [0.3, 0.4) is 0 Å². The maximum Gasteiger partial charge on any atom is 0.251 e. The molecule has 0 radical (unpaired) electrons. The quantitative estimate of drug-likeness (QED) is 0.609. The first-order chi connectivity index (χ1) is 7.99. The van der Waals surface area contributed by atoms with Gasteiger partial charge in [0, 0.05) is 24.2 Å². The van der Waals surface area contributed by atoms with Crippen LogP contribution < -0.4 is 11.1 Å². The molecule has 1 heterocycles. The first-order valence-electron chi connectivity index (χ1n) is 5.19. The van der Waals surface area contributed by atoms with Gasteiger partial charge in [0.05, 0.1) is 0 Å². The minimum atomic E-state index is -0.373. The Morgan fingerprint density at radius 3 is 2.76 bits per heavy atom. The average molecular weight is 256 g/mol. The second kappa shape index (κ2) is 6.20. The van der Waals surface area contributed by atoms with E-state index in [9.17, 15) is 9.59 Å². The fraction of sp³-hybridized carbons (Fsp3) is 0.364. The van der Waals surface area contributed by atoms with Gasteiger partial charge < -0.3 is 11.1 Å². The van der Waals surface area contributed by atoms with Crippen molar-refractivity contribution in [2.75, 3.05) is 6.54 Å². The Morgan fingerprint density at radius 2 is 2.18 bits per heavy atom. The maximum absolute atomic E-state index is 11.7. The summed E-state index contributed by atoms with van der Waals surface area (Å²) in [6.07, 6.45) is 0.787. The van der Waals surface area contributed by atoms with Crippen molar-refractivity contribution in [3.05, 3.63) is 28.5 Å². The number of hydrogen-bond donors (Lipinski definition) is 2. The standard InChI is InChI=1S/C11H14ClN3O2/c1-7-5-8(6-9(12)15-7)11(17)14-4-2-3-10(13)16/h5-6H,2-4H2,1H3,(H2,13,16)(H,14,17). The van der Waals surface area contributed by atoms with Crippen LogP contribution >= 0.6 is 11.6 Å². The number of carbonyl (C=O) groups excluding carboxylic acids is 2. The molecule has 5 nitrogen and oxygen atoms in total. The average Bonchev–Trinajstić information content (AvgIpc) is 2.22. The monoisotopic (exact) mass is 255 g/mol. The highest BCUT2D eigenvalue weighted by Gasteiger charge is 2.07. The molecule has 0 aliphatic carbocycles. The van der Waals surface area contributed by atoms with Crippen molar-refractivity contribution in [3.8, 4) is 0 Å². The molecule has 0 atom stereocenters. The lowest BCUT2D eigenvalue weighted by Crippen LogP contribution is -2.25. The van der Waals surface area contributed by atoms with Crippen LogP contribution in [0.4, 0.5) is 0 Å². The summed E-state index contributed by atoms with van der Waals surface area (Å²) in [4.78, 5) is 26.1. The Kier molecular flexibility index (Phi) is 4.90. The van der Waals surface area contributed by atoms with E-state index in [1.54, 1.807) is 13.0 Å². The van der Waals surface area contributed by atoms with Crippen molar-refractivity contribution in [3.63, 3.8) is 0 Å². The van der Waals surface area contributed by atoms with Gasteiger partial charge in [-0.05, 0) is 25.5 Å². The van der Waals surface area contributed by atoms with Gasteiger partial charge in [0.1, 0.15) is 5.15 Å². The summed E-state index contributed by atoms with van der Waals surface area (Å²) in [5.41, 5.74) is 6.12. The van der Waals surface area contributed by atoms with Gasteiger partial charge in [-0.3, -0.25) is 9.59 Å². The number of nitrogens with two attached hydrogens (primary N) is 1. The van der Waals surface area contributed by atoms with Crippen LogP contribution in [0.25, 0.3) is 0 Å². The van der Waals surface area contributed by atoms with Crippen LogP contribution in [0.1, 0.15) is 28.9 Å². The normalized spacial score (nSPS) is 10.0. The number of aryl methyl sites for hydroxylation is 1. The van der Waals surface area contributed by atoms with E-state index in [0.29, 0.717) is 24.2 Å². The van der Waals surface area contributed by atoms with Gasteiger partial charge in [-0.25, -0.2) is 4.98 Å². The molecular formula is C11H14ClN3O2. The topological polar surface area (TPSA) is 85.1 Å². The lowest BCUT2D eigenvalue weighted by molar-refractivity contribution is -0.118. The molecule has 0 aliphatic rings. The fourth-order valence-corrected chi connectivity index (χ4v) is 1.58. The van der Waals surface area contributed by atoms with E-state index in [4.69, 9.17) is 17.3 Å². The van der Waals surface area contributed by atoms with Gasteiger partial charge in [0.15, 0.2) is 0 Å². The Labute approximate surface area is 104 Å². The summed E-state index contributed by atoms with van der Waals surface area (Å²) in [5, 5.41) is 2.96. The molecule has 0 saturated carbocycles. The summed E-state index contributed by atoms with van der Waals surface area (Å²) in [7, 11) is 0. The van der Waals surface area contributed by atoms with Gasteiger partial charge in [-0.2, -0.15) is 0 Å². The van der Waals surface area contributed by atoms with Crippen molar-refractivity contribution in [2.24, 2.45) is 5.73 Å². The number of carbonyl (C=O) groups is 2. The van der Waals surface area contributed by atoms with Gasteiger partial charge in [0.2, 0.25) is 5.91 Å². The molecule has 0 saturated heterocycles. The summed E-state index contributed by atoms with van der Waals surface area (Å²) in [6, 6.07) is 3.15. The van der Waals surface area contributed by atoms with Crippen molar-refractivity contribution in [2.45, 2.75) is 19.8 Å². The number of pyridine rings is 1. The van der Waals surface area contributed by atoms with Crippen LogP contribution in [0.15, 0.2) is 12.1 Å². The molecule has 0 aliphatic heterocycles. The molecule has 6 heteroatoms. The van der Waals surface area contributed by atoms with Crippen molar-refractivity contribution >= 4 is 23.4 Å². The second-order valence-electron chi connectivity index (χ2n) is 3.65. The number of hydrogen-bond acceptors (Lipinski definition) is 3. The van der Waals surface area contributed by atoms with Crippen LogP contribution in [-0.2, 0) is 4.79 Å². The highest BCUT2D eigenvalue weighted by molar-refractivity contribution is 6.29. The lowest BCUT2D eigenvalue weighted by Gasteiger charge is -2.05. The van der Waals surface area contributed by atoms with Crippen LogP contribution in [0.5, 0.6) is 0 Å². The zero-order chi connectivity index (χ0) is 12.8. The van der Waals surface area contributed by atoms with Crippen molar-refractivity contribution in [1.82, 2.24) is 10.3 Å². The largest absolute Gasteiger partial charge is 0.370 e. The van der Waals surface area contributed by atoms with E-state index in [1.165, 1.54) is 6.07 Å². The SMILES string of the molecule is Cc1cc(C(=O)NCCCC(N)=O)cc(Cl)n1. The molecular weight excluding hydrogens is 242 g/mol. The molecule has 0 bridgehead atoms. The highest BCUT2D eigenvalue weighted by Crippen LogP contribution is 2.10. The molecule has 1 aromatic heterocycles. The zero-order valence-electron chi connectivity index (χ0n) is 9.50. The molecule has 0 fully saturated rings. The summed E-state index contributed by atoms with van der Waals surface area (Å²) in [5.74, 6) is -0.607. The molecule has 1 rings (SSSR count). The molecule has 3 N–H and O–H groups in total. The van der Waals surface area contributed by atoms with Crippen LogP contribution in [-0.4, -0.2) is 23.3 Å². The third kappa shape index (κ3) is 4.82. The maximum atomic E-state index is 11.7. The van der Waals surface area contributed by atoms with E-state index in [1.807, 2.05) is 0 Å². The number of nitrogens with one attached hydrogen (secondary N) is 1. The fourth-order valence-electron chi connectivity index (χ4n) is 1.33. The predicted molar refractivity (Wildman–Crippen MR) is 64.7 cm³/mol. The Bertz CT molecular complexity index is 414. The molecule has 2 amide bonds. The molecule has 92 valence electrons. The highest BCUT2D eigenvalue weighted by atomic mass is 35.5. The minimum Gasteiger partial charge on any atom is -0.370 e. The smallest absolute Gasteiger partial charge is 0.251 e. The zero-order valence-corrected chi connectivity index (χ0v) is 10.3. The molecule has 0 spiro atoms.